The summed E-state index contributed by atoms with van der Waals surface area (Å²) >= 11 is 2.02. The molecule has 2 saturated carbocycles. The summed E-state index contributed by atoms with van der Waals surface area (Å²) in [6.45, 7) is 0. The molecule has 0 saturated heterocycles. The van der Waals surface area contributed by atoms with Crippen LogP contribution in [0, 0.1) is 5.92 Å². The zero-order valence-electron chi connectivity index (χ0n) is 9.58. The van der Waals surface area contributed by atoms with Crippen LogP contribution in [0.25, 0.3) is 0 Å². The molecule has 0 aromatic heterocycles. The number of ketones is 1. The van der Waals surface area contributed by atoms with Crippen LogP contribution in [0.2, 0.25) is 0 Å². The molecule has 1 nitrogen and oxygen atoms in total. The Bertz CT molecular complexity index is 209. The van der Waals surface area contributed by atoms with Crippen LogP contribution < -0.4 is 0 Å². The van der Waals surface area contributed by atoms with Crippen LogP contribution in [-0.4, -0.2) is 21.6 Å². The fourth-order valence-corrected chi connectivity index (χ4v) is 4.23. The first kappa shape index (κ1) is 11.5. The Morgan fingerprint density at radius 1 is 1.00 bits per heavy atom. The van der Waals surface area contributed by atoms with Crippen molar-refractivity contribution in [3.05, 3.63) is 0 Å². The van der Waals surface area contributed by atoms with Gasteiger partial charge in [0.05, 0.1) is 6.42 Å². The molecule has 2 aliphatic rings. The third kappa shape index (κ3) is 3.51. The monoisotopic (exact) mass is 227 g/mol. The summed E-state index contributed by atoms with van der Waals surface area (Å²) in [6, 6.07) is 0. The second-order valence-electron chi connectivity index (χ2n) is 5.06. The summed E-state index contributed by atoms with van der Waals surface area (Å²) in [4.78, 5) is 9.79. The predicted molar refractivity (Wildman–Crippen MR) is 68.2 cm³/mol. The lowest BCUT2D eigenvalue weighted by atomic mass is 9.91. The number of carbonyl (C=O) groups excluding carboxylic acids is 1. The standard InChI is InChI=1S/C13H22OS/c14-12-8-4-5-9-13(12)15-10-11-6-2-1-3-7-11/h11,13H,1-10H2/p+1. The van der Waals surface area contributed by atoms with E-state index in [0.29, 0.717) is 5.25 Å². The van der Waals surface area contributed by atoms with Crippen molar-refractivity contribution in [1.29, 1.82) is 0 Å². The van der Waals surface area contributed by atoms with Crippen LogP contribution in [-0.2, 0) is 0 Å². The first-order valence-corrected chi connectivity index (χ1v) is 7.57. The van der Waals surface area contributed by atoms with E-state index in [1.54, 1.807) is 0 Å². The van der Waals surface area contributed by atoms with E-state index in [-0.39, 0.29) is 0 Å². The highest BCUT2D eigenvalue weighted by molar-refractivity contribution is 8.00. The molecule has 0 amide bonds. The molecule has 2 heteroatoms. The van der Waals surface area contributed by atoms with Gasteiger partial charge < -0.3 is 0 Å². The third-order valence-corrected chi connectivity index (χ3v) is 5.35. The molecule has 15 heavy (non-hydrogen) atoms. The van der Waals surface area contributed by atoms with Crippen molar-refractivity contribution in [2.24, 2.45) is 5.92 Å². The molecule has 0 spiro atoms. The highest BCUT2D eigenvalue weighted by atomic mass is 32.2. The van der Waals surface area contributed by atoms with Gasteiger partial charge in [-0.25, -0.2) is 0 Å². The van der Waals surface area contributed by atoms with Crippen molar-refractivity contribution in [3.63, 3.8) is 0 Å². The predicted octanol–water partition coefficient (Wildman–Crippen LogP) is 3.79. The summed E-state index contributed by atoms with van der Waals surface area (Å²) in [5.41, 5.74) is 0. The molecule has 2 rings (SSSR count). The minimum atomic E-state index is 0.473. The third-order valence-electron chi connectivity index (χ3n) is 3.78. The average molecular weight is 227 g/mol. The SMILES string of the molecule is [OH+]=C1CCCCC1SCC1CCCCC1. The van der Waals surface area contributed by atoms with Gasteiger partial charge >= 0.3 is 5.78 Å². The second kappa shape index (κ2) is 5.93. The van der Waals surface area contributed by atoms with E-state index >= 15 is 0 Å². The summed E-state index contributed by atoms with van der Waals surface area (Å²) in [5, 5.41) is 0.473. The van der Waals surface area contributed by atoms with Gasteiger partial charge in [0.25, 0.3) is 0 Å². The van der Waals surface area contributed by atoms with Gasteiger partial charge in [0.2, 0.25) is 0 Å². The first-order chi connectivity index (χ1) is 7.36. The average Bonchev–Trinajstić information content (AvgIpc) is 2.29. The Labute approximate surface area is 97.4 Å². The molecule has 1 N–H and O–H groups in total. The maximum atomic E-state index is 9.79. The van der Waals surface area contributed by atoms with E-state index in [2.05, 4.69) is 0 Å². The van der Waals surface area contributed by atoms with Gasteiger partial charge in [0.15, 0.2) is 0 Å². The summed E-state index contributed by atoms with van der Waals surface area (Å²) in [6.07, 6.45) is 11.9. The van der Waals surface area contributed by atoms with Crippen LogP contribution in [0.1, 0.15) is 57.8 Å². The van der Waals surface area contributed by atoms with E-state index in [1.807, 2.05) is 11.8 Å². The fourth-order valence-electron chi connectivity index (χ4n) is 2.75. The number of hydrogen-bond acceptors (Lipinski definition) is 1. The molecule has 0 aromatic rings. The van der Waals surface area contributed by atoms with E-state index in [0.717, 1.165) is 18.1 Å². The van der Waals surface area contributed by atoms with Crippen molar-refractivity contribution in [2.45, 2.75) is 63.0 Å². The van der Waals surface area contributed by atoms with Crippen molar-refractivity contribution in [1.82, 2.24) is 0 Å². The molecular weight excluding hydrogens is 204 g/mol. The van der Waals surface area contributed by atoms with Gasteiger partial charge in [-0.1, -0.05) is 25.7 Å². The Balaban J connectivity index is 1.69. The van der Waals surface area contributed by atoms with Crippen molar-refractivity contribution >= 4 is 17.5 Å². The van der Waals surface area contributed by atoms with E-state index in [9.17, 15) is 4.79 Å². The minimum Gasteiger partial charge on any atom is -0.282 e. The van der Waals surface area contributed by atoms with Gasteiger partial charge in [-0.2, -0.15) is 0 Å². The normalized spacial score (nSPS) is 29.3. The van der Waals surface area contributed by atoms with Crippen molar-refractivity contribution in [3.8, 4) is 0 Å². The second-order valence-corrected chi connectivity index (χ2v) is 6.30. The maximum absolute atomic E-state index is 9.79. The fraction of sp³-hybridized carbons (Fsp3) is 0.923. The summed E-state index contributed by atoms with van der Waals surface area (Å²) in [5.74, 6) is 3.01. The summed E-state index contributed by atoms with van der Waals surface area (Å²) in [7, 11) is 0. The molecule has 0 heterocycles. The molecule has 0 aromatic carbocycles. The van der Waals surface area contributed by atoms with Crippen molar-refractivity contribution in [2.75, 3.05) is 5.75 Å². The Morgan fingerprint density at radius 3 is 2.47 bits per heavy atom. The van der Waals surface area contributed by atoms with E-state index in [4.69, 9.17) is 0 Å². The van der Waals surface area contributed by atoms with Crippen LogP contribution >= 0.6 is 11.8 Å². The molecular formula is C13H23OS+. The van der Waals surface area contributed by atoms with Crippen LogP contribution in [0.4, 0.5) is 0 Å². The molecule has 2 aliphatic carbocycles. The first-order valence-electron chi connectivity index (χ1n) is 6.52. The molecule has 2 fully saturated rings. The topological polar surface area (TPSA) is 21.4 Å². The maximum Gasteiger partial charge on any atom is 0.305 e. The zero-order valence-corrected chi connectivity index (χ0v) is 10.4. The number of hydrogen-bond donors (Lipinski definition) is 0. The molecule has 1 unspecified atom stereocenters. The lowest BCUT2D eigenvalue weighted by Gasteiger charge is -2.23. The van der Waals surface area contributed by atoms with E-state index in [1.165, 1.54) is 57.1 Å². The Morgan fingerprint density at radius 2 is 1.73 bits per heavy atom. The van der Waals surface area contributed by atoms with Gasteiger partial charge in [-0.3, -0.25) is 4.79 Å². The van der Waals surface area contributed by atoms with Gasteiger partial charge in [0, 0.05) is 0 Å². The molecule has 86 valence electrons. The van der Waals surface area contributed by atoms with Crippen LogP contribution in [0.15, 0.2) is 0 Å². The lowest BCUT2D eigenvalue weighted by molar-refractivity contribution is 0.390. The highest BCUT2D eigenvalue weighted by Crippen LogP contribution is 2.31. The van der Waals surface area contributed by atoms with E-state index < -0.39 is 0 Å². The quantitative estimate of drug-likeness (QED) is 0.672. The summed E-state index contributed by atoms with van der Waals surface area (Å²) < 4.78 is 0. The minimum absolute atomic E-state index is 0.473. The van der Waals surface area contributed by atoms with Crippen LogP contribution in [0.5, 0.6) is 0 Å². The van der Waals surface area contributed by atoms with Crippen molar-refractivity contribution < 1.29 is 4.79 Å². The smallest absolute Gasteiger partial charge is 0.282 e. The number of thioether (sulfide) groups is 1. The lowest BCUT2D eigenvalue weighted by Crippen LogP contribution is -2.23. The highest BCUT2D eigenvalue weighted by Gasteiger charge is 2.28. The molecule has 0 radical (unpaired) electrons. The van der Waals surface area contributed by atoms with Crippen LogP contribution in [0.3, 0.4) is 0 Å². The van der Waals surface area contributed by atoms with Gasteiger partial charge in [-0.15, -0.1) is 11.8 Å². The zero-order chi connectivity index (χ0) is 10.5. The largest absolute Gasteiger partial charge is 0.305 e. The van der Waals surface area contributed by atoms with Gasteiger partial charge in [0.1, 0.15) is 5.25 Å². The molecule has 0 aliphatic heterocycles. The Hall–Kier alpha value is 0.0200. The Kier molecular flexibility index (Phi) is 4.55. The molecule has 0 bridgehead atoms. The molecule has 1 atom stereocenters. The van der Waals surface area contributed by atoms with Gasteiger partial charge in [-0.05, 0) is 37.4 Å². The number of rotatable bonds is 3.